The first-order valence-corrected chi connectivity index (χ1v) is 6.03. The quantitative estimate of drug-likeness (QED) is 0.759. The van der Waals surface area contributed by atoms with E-state index in [0.717, 1.165) is 16.8 Å². The Hall–Kier alpha value is -2.56. The van der Waals surface area contributed by atoms with Crippen molar-refractivity contribution in [2.45, 2.75) is 0 Å². The first kappa shape index (κ1) is 11.5. The van der Waals surface area contributed by atoms with Crippen molar-refractivity contribution in [2.24, 2.45) is 0 Å². The summed E-state index contributed by atoms with van der Waals surface area (Å²) in [4.78, 5) is 6.24. The highest BCUT2D eigenvalue weighted by Gasteiger charge is 2.03. The molecule has 3 aromatic rings. The van der Waals surface area contributed by atoms with Gasteiger partial charge in [0.15, 0.2) is 5.65 Å². The Morgan fingerprint density at radius 1 is 1.05 bits per heavy atom. The highest BCUT2D eigenvalue weighted by molar-refractivity contribution is 5.69. The third-order valence-corrected chi connectivity index (χ3v) is 3.07. The summed E-state index contributed by atoms with van der Waals surface area (Å²) >= 11 is 0. The van der Waals surface area contributed by atoms with Crippen molar-refractivity contribution in [1.82, 2.24) is 14.6 Å². The van der Waals surface area contributed by atoms with Crippen molar-refractivity contribution >= 4 is 17.3 Å². The highest BCUT2D eigenvalue weighted by atomic mass is 15.3. The van der Waals surface area contributed by atoms with Crippen molar-refractivity contribution in [2.75, 3.05) is 24.7 Å². The van der Waals surface area contributed by atoms with Gasteiger partial charge in [-0.2, -0.15) is 4.98 Å². The van der Waals surface area contributed by atoms with Gasteiger partial charge in [-0.25, -0.2) is 4.52 Å². The second-order valence-corrected chi connectivity index (χ2v) is 4.63. The zero-order valence-electron chi connectivity index (χ0n) is 10.9. The molecule has 19 heavy (non-hydrogen) atoms. The summed E-state index contributed by atoms with van der Waals surface area (Å²) in [5.74, 6) is 0.292. The van der Waals surface area contributed by atoms with Crippen molar-refractivity contribution < 1.29 is 0 Å². The van der Waals surface area contributed by atoms with Gasteiger partial charge in [0.2, 0.25) is 5.95 Å². The standard InChI is InChI=1S/C14H15N5/c1-18(2)12-5-3-10(4-6-12)11-7-8-19-13(9-11)16-14(15)17-19/h3-9H,1-2H3,(H2,15,17). The van der Waals surface area contributed by atoms with E-state index in [9.17, 15) is 0 Å². The molecule has 0 radical (unpaired) electrons. The van der Waals surface area contributed by atoms with Crippen LogP contribution in [-0.4, -0.2) is 28.7 Å². The van der Waals surface area contributed by atoms with Crippen LogP contribution in [0.3, 0.4) is 0 Å². The molecule has 2 N–H and O–H groups in total. The number of anilines is 2. The maximum absolute atomic E-state index is 5.58. The monoisotopic (exact) mass is 253 g/mol. The molecular weight excluding hydrogens is 238 g/mol. The number of fused-ring (bicyclic) bond motifs is 1. The van der Waals surface area contributed by atoms with Crippen molar-refractivity contribution in [3.05, 3.63) is 42.6 Å². The lowest BCUT2D eigenvalue weighted by molar-refractivity contribution is 0.968. The lowest BCUT2D eigenvalue weighted by atomic mass is 10.1. The molecule has 96 valence electrons. The van der Waals surface area contributed by atoms with E-state index in [4.69, 9.17) is 5.73 Å². The maximum atomic E-state index is 5.58. The summed E-state index contributed by atoms with van der Waals surface area (Å²) < 4.78 is 1.67. The largest absolute Gasteiger partial charge is 0.378 e. The van der Waals surface area contributed by atoms with Gasteiger partial charge in [0.05, 0.1) is 0 Å². The Morgan fingerprint density at radius 2 is 1.79 bits per heavy atom. The average molecular weight is 253 g/mol. The fourth-order valence-corrected chi connectivity index (χ4v) is 2.03. The van der Waals surface area contributed by atoms with Crippen LogP contribution in [0.2, 0.25) is 0 Å². The molecule has 0 aliphatic carbocycles. The zero-order chi connectivity index (χ0) is 13.4. The lowest BCUT2D eigenvalue weighted by Gasteiger charge is -2.12. The number of nitrogens with zero attached hydrogens (tertiary/aromatic N) is 4. The molecule has 1 aromatic carbocycles. The third kappa shape index (κ3) is 2.10. The molecule has 5 nitrogen and oxygen atoms in total. The first-order valence-electron chi connectivity index (χ1n) is 6.03. The normalized spacial score (nSPS) is 10.8. The number of pyridine rings is 1. The van der Waals surface area contributed by atoms with Gasteiger partial charge < -0.3 is 10.6 Å². The van der Waals surface area contributed by atoms with E-state index in [2.05, 4.69) is 39.2 Å². The molecule has 0 aliphatic rings. The second kappa shape index (κ2) is 4.28. The molecule has 0 atom stereocenters. The molecule has 0 fully saturated rings. The van der Waals surface area contributed by atoms with Crippen molar-refractivity contribution in [3.8, 4) is 11.1 Å². The Kier molecular flexibility index (Phi) is 2.59. The van der Waals surface area contributed by atoms with Crippen LogP contribution in [0.5, 0.6) is 0 Å². The van der Waals surface area contributed by atoms with Crippen LogP contribution in [0.1, 0.15) is 0 Å². The molecule has 2 heterocycles. The highest BCUT2D eigenvalue weighted by Crippen LogP contribution is 2.23. The SMILES string of the molecule is CN(C)c1ccc(-c2ccn3nc(N)nc3c2)cc1. The minimum absolute atomic E-state index is 0.292. The number of nitrogens with two attached hydrogens (primary N) is 1. The van der Waals surface area contributed by atoms with Crippen LogP contribution in [0.4, 0.5) is 11.6 Å². The summed E-state index contributed by atoms with van der Waals surface area (Å²) in [5, 5.41) is 4.06. The Balaban J connectivity index is 2.03. The van der Waals surface area contributed by atoms with Crippen molar-refractivity contribution in [1.29, 1.82) is 0 Å². The average Bonchev–Trinajstić information content (AvgIpc) is 2.77. The van der Waals surface area contributed by atoms with Crippen LogP contribution >= 0.6 is 0 Å². The Morgan fingerprint density at radius 3 is 2.47 bits per heavy atom. The predicted octanol–water partition coefficient (Wildman–Crippen LogP) is 2.04. The van der Waals surface area contributed by atoms with E-state index < -0.39 is 0 Å². The topological polar surface area (TPSA) is 59.5 Å². The molecular formula is C14H15N5. The molecule has 0 bridgehead atoms. The molecule has 0 saturated carbocycles. The van der Waals surface area contributed by atoms with E-state index in [0.29, 0.717) is 5.95 Å². The minimum atomic E-state index is 0.292. The molecule has 3 rings (SSSR count). The lowest BCUT2D eigenvalue weighted by Crippen LogP contribution is -2.07. The van der Waals surface area contributed by atoms with E-state index in [1.807, 2.05) is 32.4 Å². The van der Waals surface area contributed by atoms with Gasteiger partial charge >= 0.3 is 0 Å². The first-order chi connectivity index (χ1) is 9.13. The second-order valence-electron chi connectivity index (χ2n) is 4.63. The summed E-state index contributed by atoms with van der Waals surface area (Å²) in [7, 11) is 4.06. The van der Waals surface area contributed by atoms with Gasteiger partial charge in [-0.1, -0.05) is 12.1 Å². The number of aromatic nitrogens is 3. The van der Waals surface area contributed by atoms with Crippen LogP contribution in [-0.2, 0) is 0 Å². The van der Waals surface area contributed by atoms with E-state index in [1.165, 1.54) is 5.69 Å². The molecule has 0 aliphatic heterocycles. The van der Waals surface area contributed by atoms with E-state index >= 15 is 0 Å². The number of hydrogen-bond acceptors (Lipinski definition) is 4. The Bertz CT molecular complexity index is 712. The van der Waals surface area contributed by atoms with Crippen LogP contribution in [0.15, 0.2) is 42.6 Å². The van der Waals surface area contributed by atoms with E-state index in [-0.39, 0.29) is 0 Å². The van der Waals surface area contributed by atoms with Crippen LogP contribution in [0, 0.1) is 0 Å². The van der Waals surface area contributed by atoms with Gasteiger partial charge in [-0.3, -0.25) is 0 Å². The molecule has 5 heteroatoms. The smallest absolute Gasteiger partial charge is 0.240 e. The van der Waals surface area contributed by atoms with Crippen LogP contribution in [0.25, 0.3) is 16.8 Å². The number of nitrogen functional groups attached to an aromatic ring is 1. The summed E-state index contributed by atoms with van der Waals surface area (Å²) in [5.41, 5.74) is 9.77. The number of hydrogen-bond donors (Lipinski definition) is 1. The number of benzene rings is 1. The van der Waals surface area contributed by atoms with Gasteiger partial charge in [0, 0.05) is 26.0 Å². The molecule has 0 unspecified atom stereocenters. The fourth-order valence-electron chi connectivity index (χ4n) is 2.03. The van der Waals surface area contributed by atoms with Gasteiger partial charge in [-0.15, -0.1) is 5.10 Å². The summed E-state index contributed by atoms with van der Waals surface area (Å²) in [6.45, 7) is 0. The third-order valence-electron chi connectivity index (χ3n) is 3.07. The molecule has 2 aromatic heterocycles. The van der Waals surface area contributed by atoms with Crippen molar-refractivity contribution in [3.63, 3.8) is 0 Å². The molecule has 0 spiro atoms. The molecule has 0 saturated heterocycles. The van der Waals surface area contributed by atoms with Gasteiger partial charge in [0.25, 0.3) is 0 Å². The number of rotatable bonds is 2. The van der Waals surface area contributed by atoms with Gasteiger partial charge in [0.1, 0.15) is 0 Å². The predicted molar refractivity (Wildman–Crippen MR) is 77.2 cm³/mol. The maximum Gasteiger partial charge on any atom is 0.240 e. The van der Waals surface area contributed by atoms with Crippen LogP contribution < -0.4 is 10.6 Å². The fraction of sp³-hybridized carbons (Fsp3) is 0.143. The summed E-state index contributed by atoms with van der Waals surface area (Å²) in [6, 6.07) is 12.4. The molecule has 0 amide bonds. The Labute approximate surface area is 111 Å². The van der Waals surface area contributed by atoms with E-state index in [1.54, 1.807) is 4.52 Å². The minimum Gasteiger partial charge on any atom is -0.378 e. The van der Waals surface area contributed by atoms with Gasteiger partial charge in [-0.05, 0) is 35.4 Å². The zero-order valence-corrected chi connectivity index (χ0v) is 10.9. The summed E-state index contributed by atoms with van der Waals surface area (Å²) in [6.07, 6.45) is 1.87.